The van der Waals surface area contributed by atoms with Crippen molar-refractivity contribution in [1.82, 2.24) is 4.90 Å². The molecule has 0 saturated carbocycles. The third-order valence-corrected chi connectivity index (χ3v) is 4.66. The largest absolute Gasteiger partial charge is 0.292 e. The molecule has 0 saturated heterocycles. The topological polar surface area (TPSA) is 20.3 Å². The molecule has 21 heavy (non-hydrogen) atoms. The molecular formula is C18H23NOS. The van der Waals surface area contributed by atoms with Crippen LogP contribution in [0.3, 0.4) is 0 Å². The molecule has 2 aromatic rings. The van der Waals surface area contributed by atoms with Crippen molar-refractivity contribution in [2.75, 3.05) is 0 Å². The van der Waals surface area contributed by atoms with Gasteiger partial charge in [0.1, 0.15) is 0 Å². The highest BCUT2D eigenvalue weighted by Crippen LogP contribution is 2.19. The van der Waals surface area contributed by atoms with Gasteiger partial charge in [0.15, 0.2) is 5.78 Å². The van der Waals surface area contributed by atoms with Gasteiger partial charge in [-0.15, -0.1) is 11.3 Å². The Balaban J connectivity index is 2.15. The molecule has 0 fully saturated rings. The van der Waals surface area contributed by atoms with Crippen molar-refractivity contribution in [2.45, 2.75) is 46.3 Å². The van der Waals surface area contributed by atoms with E-state index in [1.807, 2.05) is 38.1 Å². The molecule has 112 valence electrons. The van der Waals surface area contributed by atoms with Crippen LogP contribution in [0.25, 0.3) is 0 Å². The number of aryl methyl sites for hydroxylation is 1. The summed E-state index contributed by atoms with van der Waals surface area (Å²) in [6.45, 7) is 9.16. The molecule has 2 nitrogen and oxygen atoms in total. The molecule has 1 aromatic heterocycles. The number of nitrogens with zero attached hydrogens (tertiary/aromatic N) is 1. The third kappa shape index (κ3) is 4.02. The van der Waals surface area contributed by atoms with Crippen LogP contribution in [0.5, 0.6) is 0 Å². The second-order valence-corrected chi connectivity index (χ2v) is 6.78. The summed E-state index contributed by atoms with van der Waals surface area (Å²) in [7, 11) is 0. The number of carbonyl (C=O) groups is 1. The minimum Gasteiger partial charge on any atom is -0.292 e. The SMILES string of the molecule is Cc1ccc(C(=O)C(C)N(Cc2cccs2)C(C)C)cc1. The molecule has 1 aromatic carbocycles. The number of hydrogen-bond acceptors (Lipinski definition) is 3. The lowest BCUT2D eigenvalue weighted by Crippen LogP contribution is -2.42. The molecule has 0 aliphatic rings. The molecule has 0 amide bonds. The van der Waals surface area contributed by atoms with Crippen LogP contribution in [0.4, 0.5) is 0 Å². The lowest BCUT2D eigenvalue weighted by molar-refractivity contribution is 0.0775. The normalized spacial score (nSPS) is 12.9. The first kappa shape index (κ1) is 15.9. The molecular weight excluding hydrogens is 278 g/mol. The van der Waals surface area contributed by atoms with Gasteiger partial charge >= 0.3 is 0 Å². The number of ketones is 1. The Hall–Kier alpha value is -1.45. The Kier molecular flexibility index (Phi) is 5.32. The zero-order chi connectivity index (χ0) is 15.4. The van der Waals surface area contributed by atoms with E-state index >= 15 is 0 Å². The Morgan fingerprint density at radius 3 is 2.33 bits per heavy atom. The summed E-state index contributed by atoms with van der Waals surface area (Å²) < 4.78 is 0. The lowest BCUT2D eigenvalue weighted by atomic mass is 10.0. The number of rotatable bonds is 6. The van der Waals surface area contributed by atoms with Gasteiger partial charge in [-0.3, -0.25) is 9.69 Å². The van der Waals surface area contributed by atoms with Gasteiger partial charge in [0.05, 0.1) is 6.04 Å². The summed E-state index contributed by atoms with van der Waals surface area (Å²) in [6.07, 6.45) is 0. The quantitative estimate of drug-likeness (QED) is 0.730. The third-order valence-electron chi connectivity index (χ3n) is 3.79. The van der Waals surface area contributed by atoms with Gasteiger partial charge in [0.25, 0.3) is 0 Å². The van der Waals surface area contributed by atoms with E-state index in [0.717, 1.165) is 12.1 Å². The van der Waals surface area contributed by atoms with Crippen molar-refractivity contribution < 1.29 is 4.79 Å². The number of benzene rings is 1. The average molecular weight is 301 g/mol. The van der Waals surface area contributed by atoms with E-state index in [1.165, 1.54) is 10.4 Å². The molecule has 0 bridgehead atoms. The molecule has 1 heterocycles. The van der Waals surface area contributed by atoms with E-state index in [9.17, 15) is 4.79 Å². The summed E-state index contributed by atoms with van der Waals surface area (Å²) in [6, 6.07) is 12.3. The zero-order valence-corrected chi connectivity index (χ0v) is 14.0. The molecule has 1 unspecified atom stereocenters. The smallest absolute Gasteiger partial charge is 0.179 e. The van der Waals surface area contributed by atoms with Crippen LogP contribution in [0.1, 0.15) is 41.6 Å². The predicted octanol–water partition coefficient (Wildman–Crippen LogP) is 4.54. The molecule has 2 rings (SSSR count). The first-order chi connectivity index (χ1) is 9.99. The maximum Gasteiger partial charge on any atom is 0.179 e. The first-order valence-corrected chi connectivity index (χ1v) is 8.26. The number of thiophene rings is 1. The summed E-state index contributed by atoms with van der Waals surface area (Å²) in [4.78, 5) is 16.2. The molecule has 0 aliphatic heterocycles. The highest BCUT2D eigenvalue weighted by Gasteiger charge is 2.24. The van der Waals surface area contributed by atoms with E-state index in [1.54, 1.807) is 11.3 Å². The van der Waals surface area contributed by atoms with E-state index in [2.05, 4.69) is 36.3 Å². The molecule has 0 spiro atoms. The number of Topliss-reactive ketones (excluding diaryl/α,β-unsaturated/α-hetero) is 1. The van der Waals surface area contributed by atoms with Crippen molar-refractivity contribution in [1.29, 1.82) is 0 Å². The maximum atomic E-state index is 12.7. The van der Waals surface area contributed by atoms with Crippen LogP contribution in [-0.2, 0) is 6.54 Å². The minimum absolute atomic E-state index is 0.116. The minimum atomic E-state index is -0.116. The van der Waals surface area contributed by atoms with Gasteiger partial charge in [-0.1, -0.05) is 35.9 Å². The zero-order valence-electron chi connectivity index (χ0n) is 13.2. The molecule has 0 aliphatic carbocycles. The van der Waals surface area contributed by atoms with Crippen LogP contribution >= 0.6 is 11.3 Å². The summed E-state index contributed by atoms with van der Waals surface area (Å²) in [5.74, 6) is 0.195. The van der Waals surface area contributed by atoms with Crippen LogP contribution in [0.2, 0.25) is 0 Å². The van der Waals surface area contributed by atoms with Gasteiger partial charge in [0.2, 0.25) is 0 Å². The summed E-state index contributed by atoms with van der Waals surface area (Å²) in [5, 5.41) is 2.08. The monoisotopic (exact) mass is 301 g/mol. The number of carbonyl (C=O) groups excluding carboxylic acids is 1. The Morgan fingerprint density at radius 1 is 1.14 bits per heavy atom. The predicted molar refractivity (Wildman–Crippen MR) is 90.0 cm³/mol. The first-order valence-electron chi connectivity index (χ1n) is 7.38. The van der Waals surface area contributed by atoms with Gasteiger partial charge < -0.3 is 0 Å². The summed E-state index contributed by atoms with van der Waals surface area (Å²) >= 11 is 1.74. The second kappa shape index (κ2) is 7.01. The van der Waals surface area contributed by atoms with E-state index in [4.69, 9.17) is 0 Å². The van der Waals surface area contributed by atoms with Crippen molar-refractivity contribution in [3.8, 4) is 0 Å². The highest BCUT2D eigenvalue weighted by atomic mass is 32.1. The molecule has 3 heteroatoms. The van der Waals surface area contributed by atoms with Crippen LogP contribution < -0.4 is 0 Å². The Morgan fingerprint density at radius 2 is 1.81 bits per heavy atom. The van der Waals surface area contributed by atoms with Crippen molar-refractivity contribution in [3.63, 3.8) is 0 Å². The van der Waals surface area contributed by atoms with Crippen molar-refractivity contribution >= 4 is 17.1 Å². The van der Waals surface area contributed by atoms with E-state index in [0.29, 0.717) is 6.04 Å². The van der Waals surface area contributed by atoms with Crippen molar-refractivity contribution in [2.24, 2.45) is 0 Å². The Bertz CT molecular complexity index is 572. The Labute approximate surface area is 131 Å². The van der Waals surface area contributed by atoms with E-state index < -0.39 is 0 Å². The number of hydrogen-bond donors (Lipinski definition) is 0. The van der Waals surface area contributed by atoms with Gasteiger partial charge in [-0.2, -0.15) is 0 Å². The summed E-state index contributed by atoms with van der Waals surface area (Å²) in [5.41, 5.74) is 1.98. The van der Waals surface area contributed by atoms with Crippen molar-refractivity contribution in [3.05, 3.63) is 57.8 Å². The maximum absolute atomic E-state index is 12.7. The molecule has 0 radical (unpaired) electrons. The van der Waals surface area contributed by atoms with Gasteiger partial charge in [-0.25, -0.2) is 0 Å². The fraction of sp³-hybridized carbons (Fsp3) is 0.389. The van der Waals surface area contributed by atoms with Gasteiger partial charge in [0, 0.05) is 23.0 Å². The second-order valence-electron chi connectivity index (χ2n) is 5.75. The van der Waals surface area contributed by atoms with Gasteiger partial charge in [-0.05, 0) is 39.1 Å². The fourth-order valence-corrected chi connectivity index (χ4v) is 3.17. The van der Waals surface area contributed by atoms with Crippen LogP contribution in [-0.4, -0.2) is 22.8 Å². The molecule has 0 N–H and O–H groups in total. The van der Waals surface area contributed by atoms with E-state index in [-0.39, 0.29) is 11.8 Å². The molecule has 1 atom stereocenters. The fourth-order valence-electron chi connectivity index (χ4n) is 2.46. The lowest BCUT2D eigenvalue weighted by Gasteiger charge is -2.31. The van der Waals surface area contributed by atoms with Crippen LogP contribution in [0.15, 0.2) is 41.8 Å². The average Bonchev–Trinajstić information content (AvgIpc) is 2.97. The standard InChI is InChI=1S/C18H23NOS/c1-13(2)19(12-17-6-5-11-21-17)15(4)18(20)16-9-7-14(3)8-10-16/h5-11,13,15H,12H2,1-4H3. The van der Waals surface area contributed by atoms with Crippen LogP contribution in [0, 0.1) is 6.92 Å². The highest BCUT2D eigenvalue weighted by molar-refractivity contribution is 7.09.